The fourth-order valence-electron chi connectivity index (χ4n) is 1.51. The van der Waals surface area contributed by atoms with Gasteiger partial charge < -0.3 is 5.73 Å². The Morgan fingerprint density at radius 3 is 2.62 bits per heavy atom. The minimum absolute atomic E-state index is 0.00495. The molecule has 1 aromatic heterocycles. The molecule has 0 amide bonds. The summed E-state index contributed by atoms with van der Waals surface area (Å²) in [5, 5.41) is 7.35. The zero-order valence-corrected chi connectivity index (χ0v) is 10.6. The second kappa shape index (κ2) is 4.27. The van der Waals surface area contributed by atoms with Crippen molar-refractivity contribution in [2.75, 3.05) is 12.3 Å². The second-order valence-corrected chi connectivity index (χ2v) is 6.83. The first-order chi connectivity index (χ1) is 7.55. The number of rotatable bonds is 5. The fraction of sp³-hybridized carbons (Fsp3) is 0.750. The molecule has 0 saturated heterocycles. The van der Waals surface area contributed by atoms with Crippen LogP contribution in [0.15, 0.2) is 4.34 Å². The molecule has 2 rings (SSSR count). The molecule has 6 nitrogen and oxygen atoms in total. The van der Waals surface area contributed by atoms with E-state index in [1.807, 2.05) is 6.92 Å². The topological polar surface area (TPSA) is 89.2 Å². The molecule has 1 fully saturated rings. The van der Waals surface area contributed by atoms with Crippen LogP contribution in [0.3, 0.4) is 0 Å². The smallest absolute Gasteiger partial charge is 0.272 e. The van der Waals surface area contributed by atoms with Crippen molar-refractivity contribution in [3.63, 3.8) is 0 Å². The lowest BCUT2D eigenvalue weighted by atomic mass is 10.5. The van der Waals surface area contributed by atoms with Crippen molar-refractivity contribution in [2.45, 2.75) is 36.6 Å². The van der Waals surface area contributed by atoms with Crippen molar-refractivity contribution < 1.29 is 8.42 Å². The molecule has 0 unspecified atom stereocenters. The quantitative estimate of drug-likeness (QED) is 0.843. The van der Waals surface area contributed by atoms with Gasteiger partial charge in [-0.1, -0.05) is 18.3 Å². The van der Waals surface area contributed by atoms with E-state index in [9.17, 15) is 8.42 Å². The number of nitrogens with two attached hydrogens (primary N) is 1. The Bertz CT molecular complexity index is 466. The van der Waals surface area contributed by atoms with Gasteiger partial charge in [0, 0.05) is 12.6 Å². The van der Waals surface area contributed by atoms with Crippen LogP contribution in [0.4, 0.5) is 5.13 Å². The van der Waals surface area contributed by atoms with E-state index in [1.54, 1.807) is 0 Å². The molecular formula is C8H14N4O2S2. The molecule has 1 aliphatic carbocycles. The molecule has 16 heavy (non-hydrogen) atoms. The Kier molecular flexibility index (Phi) is 3.13. The van der Waals surface area contributed by atoms with Crippen molar-refractivity contribution in [3.05, 3.63) is 0 Å². The predicted molar refractivity (Wildman–Crippen MR) is 61.5 cm³/mol. The van der Waals surface area contributed by atoms with E-state index in [2.05, 4.69) is 10.2 Å². The molecule has 1 aliphatic rings. The van der Waals surface area contributed by atoms with Gasteiger partial charge in [-0.05, 0) is 19.3 Å². The van der Waals surface area contributed by atoms with E-state index in [0.717, 1.165) is 30.6 Å². The Labute approximate surface area is 98.5 Å². The SMILES string of the molecule is CCCN(C1CC1)S(=O)(=O)c1nnc(N)s1. The first-order valence-corrected chi connectivity index (χ1v) is 7.42. The highest BCUT2D eigenvalue weighted by Gasteiger charge is 2.39. The van der Waals surface area contributed by atoms with Gasteiger partial charge in [-0.3, -0.25) is 0 Å². The molecule has 0 aromatic carbocycles. The molecule has 0 radical (unpaired) electrons. The van der Waals surface area contributed by atoms with E-state index in [0.29, 0.717) is 6.54 Å². The lowest BCUT2D eigenvalue weighted by molar-refractivity contribution is 0.402. The second-order valence-electron chi connectivity index (χ2n) is 3.75. The van der Waals surface area contributed by atoms with Crippen LogP contribution in [0, 0.1) is 0 Å². The Hall–Kier alpha value is -0.730. The molecule has 1 heterocycles. The summed E-state index contributed by atoms with van der Waals surface area (Å²) < 4.78 is 25.9. The van der Waals surface area contributed by atoms with Crippen LogP contribution in [0.2, 0.25) is 0 Å². The summed E-state index contributed by atoms with van der Waals surface area (Å²) >= 11 is 0.920. The average molecular weight is 262 g/mol. The first kappa shape index (κ1) is 11.7. The normalized spacial score (nSPS) is 16.9. The van der Waals surface area contributed by atoms with Gasteiger partial charge in [0.25, 0.3) is 10.0 Å². The third-order valence-electron chi connectivity index (χ3n) is 2.35. The van der Waals surface area contributed by atoms with Gasteiger partial charge in [0.15, 0.2) is 0 Å². The zero-order valence-electron chi connectivity index (χ0n) is 8.96. The van der Waals surface area contributed by atoms with Gasteiger partial charge in [-0.25, -0.2) is 8.42 Å². The highest BCUT2D eigenvalue weighted by Crippen LogP contribution is 2.33. The summed E-state index contributed by atoms with van der Waals surface area (Å²) in [7, 11) is -3.48. The highest BCUT2D eigenvalue weighted by atomic mass is 32.2. The van der Waals surface area contributed by atoms with Crippen molar-refractivity contribution in [1.29, 1.82) is 0 Å². The number of nitrogen functional groups attached to an aromatic ring is 1. The molecular weight excluding hydrogens is 248 g/mol. The maximum absolute atomic E-state index is 12.2. The van der Waals surface area contributed by atoms with Crippen LogP contribution in [-0.2, 0) is 10.0 Å². The van der Waals surface area contributed by atoms with Crippen molar-refractivity contribution in [3.8, 4) is 0 Å². The average Bonchev–Trinajstić information content (AvgIpc) is 2.96. The largest absolute Gasteiger partial charge is 0.374 e. The number of sulfonamides is 1. The van der Waals surface area contributed by atoms with Gasteiger partial charge in [-0.2, -0.15) is 4.31 Å². The number of anilines is 1. The van der Waals surface area contributed by atoms with E-state index in [1.165, 1.54) is 4.31 Å². The Balaban J connectivity index is 2.28. The highest BCUT2D eigenvalue weighted by molar-refractivity contribution is 7.91. The van der Waals surface area contributed by atoms with Crippen molar-refractivity contribution >= 4 is 26.5 Å². The number of aromatic nitrogens is 2. The van der Waals surface area contributed by atoms with Crippen LogP contribution >= 0.6 is 11.3 Å². The molecule has 8 heteroatoms. The lowest BCUT2D eigenvalue weighted by Crippen LogP contribution is -2.33. The third-order valence-corrected chi connectivity index (χ3v) is 5.40. The van der Waals surface area contributed by atoms with Gasteiger partial charge >= 0.3 is 0 Å². The van der Waals surface area contributed by atoms with Crippen LogP contribution in [0.1, 0.15) is 26.2 Å². The maximum atomic E-state index is 12.2. The van der Waals surface area contributed by atoms with Crippen molar-refractivity contribution in [1.82, 2.24) is 14.5 Å². The lowest BCUT2D eigenvalue weighted by Gasteiger charge is -2.18. The molecule has 90 valence electrons. The summed E-state index contributed by atoms with van der Waals surface area (Å²) in [6, 6.07) is 0.148. The van der Waals surface area contributed by atoms with E-state index < -0.39 is 10.0 Å². The minimum Gasteiger partial charge on any atom is -0.374 e. The monoisotopic (exact) mass is 262 g/mol. The van der Waals surface area contributed by atoms with Crippen LogP contribution in [0.25, 0.3) is 0 Å². The number of nitrogens with zero attached hydrogens (tertiary/aromatic N) is 3. The summed E-state index contributed by atoms with van der Waals surface area (Å²) in [5.74, 6) is 0. The Morgan fingerprint density at radius 2 is 2.19 bits per heavy atom. The molecule has 1 aromatic rings. The van der Waals surface area contributed by atoms with E-state index in [-0.39, 0.29) is 15.5 Å². The molecule has 0 atom stereocenters. The number of hydrogen-bond acceptors (Lipinski definition) is 6. The van der Waals surface area contributed by atoms with Crippen LogP contribution < -0.4 is 5.73 Å². The summed E-state index contributed by atoms with van der Waals surface area (Å²) in [5.41, 5.74) is 5.40. The predicted octanol–water partition coefficient (Wildman–Crippen LogP) is 0.683. The van der Waals surface area contributed by atoms with Gasteiger partial charge in [0.1, 0.15) is 0 Å². The molecule has 2 N–H and O–H groups in total. The molecule has 0 bridgehead atoms. The standard InChI is InChI=1S/C8H14N4O2S2/c1-2-5-12(6-3-4-6)16(13,14)8-11-10-7(9)15-8/h6H,2-5H2,1H3,(H2,9,10). The van der Waals surface area contributed by atoms with Gasteiger partial charge in [0.2, 0.25) is 9.47 Å². The summed E-state index contributed by atoms with van der Waals surface area (Å²) in [6.07, 6.45) is 2.67. The third kappa shape index (κ3) is 2.18. The Morgan fingerprint density at radius 1 is 1.50 bits per heavy atom. The van der Waals surface area contributed by atoms with E-state index >= 15 is 0 Å². The summed E-state index contributed by atoms with van der Waals surface area (Å²) in [4.78, 5) is 0. The minimum atomic E-state index is -3.48. The van der Waals surface area contributed by atoms with Crippen LogP contribution in [0.5, 0.6) is 0 Å². The fourth-order valence-corrected chi connectivity index (χ4v) is 4.18. The van der Waals surface area contributed by atoms with Crippen LogP contribution in [-0.4, -0.2) is 35.5 Å². The van der Waals surface area contributed by atoms with E-state index in [4.69, 9.17) is 5.73 Å². The number of hydrogen-bond donors (Lipinski definition) is 1. The maximum Gasteiger partial charge on any atom is 0.272 e. The van der Waals surface area contributed by atoms with Crippen molar-refractivity contribution in [2.24, 2.45) is 0 Å². The zero-order chi connectivity index (χ0) is 11.8. The summed E-state index contributed by atoms with van der Waals surface area (Å²) in [6.45, 7) is 2.49. The molecule has 1 saturated carbocycles. The van der Waals surface area contributed by atoms with Gasteiger partial charge in [0.05, 0.1) is 0 Å². The molecule has 0 aliphatic heterocycles. The molecule has 0 spiro atoms. The first-order valence-electron chi connectivity index (χ1n) is 5.16. The van der Waals surface area contributed by atoms with Gasteiger partial charge in [-0.15, -0.1) is 10.2 Å².